The zero-order valence-electron chi connectivity index (χ0n) is 11.9. The van der Waals surface area contributed by atoms with Gasteiger partial charge < -0.3 is 14.4 Å². The lowest BCUT2D eigenvalue weighted by Crippen LogP contribution is -2.66. The van der Waals surface area contributed by atoms with Gasteiger partial charge in [-0.25, -0.2) is 4.79 Å². The fraction of sp³-hybridized carbons (Fsp3) is 0.562. The van der Waals surface area contributed by atoms with Gasteiger partial charge in [-0.1, -0.05) is 37.3 Å². The summed E-state index contributed by atoms with van der Waals surface area (Å²) in [5.41, 5.74) is 0.928. The second-order valence-corrected chi connectivity index (χ2v) is 6.03. The third-order valence-electron chi connectivity index (χ3n) is 4.19. The number of rotatable bonds is 2. The number of likely N-dealkylation sites (tertiary alicyclic amines) is 1. The lowest BCUT2D eigenvalue weighted by molar-refractivity contribution is -0.169. The predicted octanol–water partition coefficient (Wildman–Crippen LogP) is 2.82. The predicted molar refractivity (Wildman–Crippen MR) is 75.3 cm³/mol. The molecule has 1 amide bonds. The van der Waals surface area contributed by atoms with Gasteiger partial charge in [0.1, 0.15) is 12.2 Å². The molecular weight excluding hydrogens is 254 g/mol. The third kappa shape index (κ3) is 2.80. The van der Waals surface area contributed by atoms with Gasteiger partial charge in [0.2, 0.25) is 0 Å². The van der Waals surface area contributed by atoms with E-state index in [1.165, 1.54) is 6.42 Å². The van der Waals surface area contributed by atoms with E-state index in [1.54, 1.807) is 4.90 Å². The molecule has 0 saturated carbocycles. The van der Waals surface area contributed by atoms with Gasteiger partial charge >= 0.3 is 6.09 Å². The summed E-state index contributed by atoms with van der Waals surface area (Å²) >= 11 is 0. The zero-order valence-corrected chi connectivity index (χ0v) is 11.9. The number of ether oxygens (including phenoxy) is 2. The van der Waals surface area contributed by atoms with Crippen molar-refractivity contribution in [2.24, 2.45) is 5.92 Å². The van der Waals surface area contributed by atoms with Gasteiger partial charge in [0.15, 0.2) is 0 Å². The van der Waals surface area contributed by atoms with Crippen LogP contribution in [0.5, 0.6) is 0 Å². The Kier molecular flexibility index (Phi) is 3.66. The van der Waals surface area contributed by atoms with Crippen LogP contribution in [0.3, 0.4) is 0 Å². The normalized spacial score (nSPS) is 24.2. The molecule has 1 unspecified atom stereocenters. The molecule has 2 saturated heterocycles. The van der Waals surface area contributed by atoms with Gasteiger partial charge in [0, 0.05) is 0 Å². The summed E-state index contributed by atoms with van der Waals surface area (Å²) in [6.45, 7) is 4.70. The molecule has 4 heteroatoms. The van der Waals surface area contributed by atoms with Crippen LogP contribution in [0, 0.1) is 5.92 Å². The molecule has 0 aliphatic carbocycles. The topological polar surface area (TPSA) is 38.8 Å². The average Bonchev–Trinajstić information content (AvgIpc) is 2.45. The molecule has 1 aromatic carbocycles. The molecule has 108 valence electrons. The number of hydrogen-bond donors (Lipinski definition) is 0. The molecule has 0 N–H and O–H groups in total. The molecule has 20 heavy (non-hydrogen) atoms. The van der Waals surface area contributed by atoms with Crippen LogP contribution in [0.15, 0.2) is 30.3 Å². The summed E-state index contributed by atoms with van der Waals surface area (Å²) in [4.78, 5) is 13.7. The Bertz CT molecular complexity index is 458. The van der Waals surface area contributed by atoms with Crippen LogP contribution >= 0.6 is 0 Å². The summed E-state index contributed by atoms with van der Waals surface area (Å²) in [5, 5.41) is 0. The largest absolute Gasteiger partial charge is 0.445 e. The first kappa shape index (κ1) is 13.4. The third-order valence-corrected chi connectivity index (χ3v) is 4.19. The molecule has 1 aromatic rings. The maximum Gasteiger partial charge on any atom is 0.410 e. The van der Waals surface area contributed by atoms with Crippen molar-refractivity contribution >= 4 is 6.09 Å². The second-order valence-electron chi connectivity index (χ2n) is 6.03. The van der Waals surface area contributed by atoms with Gasteiger partial charge in [-0.05, 0) is 24.3 Å². The highest BCUT2D eigenvalue weighted by Gasteiger charge is 2.48. The monoisotopic (exact) mass is 275 g/mol. The number of benzene rings is 1. The Labute approximate surface area is 119 Å². The number of carbonyl (C=O) groups excluding carboxylic acids is 1. The highest BCUT2D eigenvalue weighted by Crippen LogP contribution is 2.36. The molecule has 0 aromatic heterocycles. The lowest BCUT2D eigenvalue weighted by Gasteiger charge is -2.51. The highest BCUT2D eigenvalue weighted by atomic mass is 16.6. The van der Waals surface area contributed by atoms with Crippen LogP contribution in [0.1, 0.15) is 25.3 Å². The lowest BCUT2D eigenvalue weighted by atomic mass is 9.84. The Morgan fingerprint density at radius 3 is 2.80 bits per heavy atom. The molecular formula is C16H21NO3. The van der Waals surface area contributed by atoms with E-state index >= 15 is 0 Å². The summed E-state index contributed by atoms with van der Waals surface area (Å²) in [6, 6.07) is 9.75. The summed E-state index contributed by atoms with van der Waals surface area (Å²) in [6.07, 6.45) is 2.01. The smallest absolute Gasteiger partial charge is 0.410 e. The first-order valence-electron chi connectivity index (χ1n) is 7.26. The molecule has 2 heterocycles. The Morgan fingerprint density at radius 1 is 1.40 bits per heavy atom. The molecule has 2 aliphatic rings. The first-order valence-corrected chi connectivity index (χ1v) is 7.26. The molecule has 0 radical (unpaired) electrons. The zero-order chi connectivity index (χ0) is 14.0. The number of nitrogens with zero attached hydrogens (tertiary/aromatic N) is 1. The maximum atomic E-state index is 11.9. The minimum atomic E-state index is -0.235. The van der Waals surface area contributed by atoms with E-state index in [-0.39, 0.29) is 11.7 Å². The number of carbonyl (C=O) groups is 1. The minimum Gasteiger partial charge on any atom is -0.445 e. The van der Waals surface area contributed by atoms with Crippen molar-refractivity contribution in [3.63, 3.8) is 0 Å². The number of amides is 1. The Balaban J connectivity index is 1.44. The maximum absolute atomic E-state index is 11.9. The van der Waals surface area contributed by atoms with E-state index in [4.69, 9.17) is 9.47 Å². The standard InChI is InChI=1S/C16H21NO3/c1-13-7-8-16(20-9-13)11-17(12-16)15(18)19-10-14-5-3-2-4-6-14/h2-6,13H,7-12H2,1H3. The van der Waals surface area contributed by atoms with Crippen LogP contribution in [-0.2, 0) is 16.1 Å². The van der Waals surface area contributed by atoms with Crippen LogP contribution < -0.4 is 0 Å². The Hall–Kier alpha value is -1.55. The van der Waals surface area contributed by atoms with Crippen LogP contribution in [0.25, 0.3) is 0 Å². The van der Waals surface area contributed by atoms with Gasteiger partial charge in [0.25, 0.3) is 0 Å². The molecule has 4 nitrogen and oxygen atoms in total. The van der Waals surface area contributed by atoms with Crippen molar-refractivity contribution in [1.82, 2.24) is 4.90 Å². The van der Waals surface area contributed by atoms with Crippen LogP contribution in [0.4, 0.5) is 4.79 Å². The van der Waals surface area contributed by atoms with E-state index in [0.29, 0.717) is 25.6 Å². The number of hydrogen-bond acceptors (Lipinski definition) is 3. The molecule has 3 rings (SSSR count). The van der Waals surface area contributed by atoms with Gasteiger partial charge in [-0.2, -0.15) is 0 Å². The minimum absolute atomic E-state index is 0.0850. The Morgan fingerprint density at radius 2 is 2.15 bits per heavy atom. The van der Waals surface area contributed by atoms with Gasteiger partial charge in [-0.15, -0.1) is 0 Å². The van der Waals surface area contributed by atoms with Crippen molar-refractivity contribution in [3.05, 3.63) is 35.9 Å². The molecule has 1 atom stereocenters. The fourth-order valence-electron chi connectivity index (χ4n) is 2.82. The molecule has 2 aliphatic heterocycles. The van der Waals surface area contributed by atoms with Crippen molar-refractivity contribution in [2.45, 2.75) is 32.0 Å². The van der Waals surface area contributed by atoms with E-state index < -0.39 is 0 Å². The summed E-state index contributed by atoms with van der Waals surface area (Å²) < 4.78 is 11.2. The van der Waals surface area contributed by atoms with E-state index in [1.807, 2.05) is 30.3 Å². The quantitative estimate of drug-likeness (QED) is 0.833. The molecule has 2 fully saturated rings. The molecule has 1 spiro atoms. The van der Waals surface area contributed by atoms with E-state index in [9.17, 15) is 4.79 Å². The SMILES string of the molecule is CC1CCC2(CN(C(=O)OCc3ccccc3)C2)OC1. The highest BCUT2D eigenvalue weighted by molar-refractivity contribution is 5.69. The van der Waals surface area contributed by atoms with Crippen LogP contribution in [0.2, 0.25) is 0 Å². The first-order chi connectivity index (χ1) is 9.67. The summed E-state index contributed by atoms with van der Waals surface area (Å²) in [5.74, 6) is 0.639. The van der Waals surface area contributed by atoms with E-state index in [2.05, 4.69) is 6.92 Å². The second kappa shape index (κ2) is 5.44. The van der Waals surface area contributed by atoms with Crippen molar-refractivity contribution < 1.29 is 14.3 Å². The van der Waals surface area contributed by atoms with E-state index in [0.717, 1.165) is 18.6 Å². The van der Waals surface area contributed by atoms with Crippen molar-refractivity contribution in [3.8, 4) is 0 Å². The van der Waals surface area contributed by atoms with Gasteiger partial charge in [-0.3, -0.25) is 0 Å². The van der Waals surface area contributed by atoms with Crippen molar-refractivity contribution in [1.29, 1.82) is 0 Å². The van der Waals surface area contributed by atoms with Crippen LogP contribution in [-0.4, -0.2) is 36.3 Å². The molecule has 0 bridgehead atoms. The van der Waals surface area contributed by atoms with Gasteiger partial charge in [0.05, 0.1) is 19.7 Å². The van der Waals surface area contributed by atoms with Crippen molar-refractivity contribution in [2.75, 3.05) is 19.7 Å². The summed E-state index contributed by atoms with van der Waals surface area (Å²) in [7, 11) is 0. The fourth-order valence-corrected chi connectivity index (χ4v) is 2.82. The average molecular weight is 275 g/mol.